The Bertz CT molecular complexity index is 317. The van der Waals surface area contributed by atoms with Crippen LogP contribution in [0.5, 0.6) is 0 Å². The molecule has 0 unspecified atom stereocenters. The van der Waals surface area contributed by atoms with Gasteiger partial charge in [0.25, 0.3) is 6.43 Å². The molecular formula is C8H7BrClF2N. The van der Waals surface area contributed by atoms with Crippen LogP contribution in [-0.2, 0) is 5.33 Å². The maximum atomic E-state index is 12.5. The summed E-state index contributed by atoms with van der Waals surface area (Å²) >= 11 is 8.81. The molecule has 72 valence electrons. The second-order valence-corrected chi connectivity index (χ2v) is 3.49. The van der Waals surface area contributed by atoms with Gasteiger partial charge >= 0.3 is 0 Å². The van der Waals surface area contributed by atoms with E-state index in [1.165, 1.54) is 6.20 Å². The summed E-state index contributed by atoms with van der Waals surface area (Å²) in [5.74, 6) is 0. The monoisotopic (exact) mass is 269 g/mol. The summed E-state index contributed by atoms with van der Waals surface area (Å²) < 4.78 is 25.0. The fourth-order valence-corrected chi connectivity index (χ4v) is 1.66. The Morgan fingerprint density at radius 3 is 2.69 bits per heavy atom. The van der Waals surface area contributed by atoms with E-state index in [0.29, 0.717) is 11.3 Å². The van der Waals surface area contributed by atoms with Crippen molar-refractivity contribution in [1.29, 1.82) is 0 Å². The maximum Gasteiger partial charge on any atom is 0.267 e. The second-order valence-electron chi connectivity index (χ2n) is 2.55. The highest BCUT2D eigenvalue weighted by molar-refractivity contribution is 9.08. The number of pyridine rings is 1. The summed E-state index contributed by atoms with van der Waals surface area (Å²) in [6.45, 7) is 1.65. The molecule has 1 rings (SSSR count). The molecule has 0 bridgehead atoms. The Morgan fingerprint density at radius 1 is 1.62 bits per heavy atom. The topological polar surface area (TPSA) is 12.9 Å². The standard InChI is InChI=1S/C8H7BrClF2N/c1-4-3-13-5(2-9)6(7(4)10)8(11)12/h3,8H,2H2,1H3. The third-order valence-electron chi connectivity index (χ3n) is 1.65. The van der Waals surface area contributed by atoms with E-state index in [1.54, 1.807) is 6.92 Å². The molecule has 0 saturated heterocycles. The zero-order valence-corrected chi connectivity index (χ0v) is 9.16. The number of halogens is 4. The van der Waals surface area contributed by atoms with E-state index in [4.69, 9.17) is 11.6 Å². The molecular weight excluding hydrogens is 263 g/mol. The molecule has 0 aliphatic carbocycles. The first-order valence-electron chi connectivity index (χ1n) is 3.56. The largest absolute Gasteiger partial charge is 0.267 e. The lowest BCUT2D eigenvalue weighted by Crippen LogP contribution is -1.98. The molecule has 1 aromatic heterocycles. The molecule has 0 aliphatic heterocycles. The molecule has 0 radical (unpaired) electrons. The first kappa shape index (κ1) is 10.9. The number of hydrogen-bond acceptors (Lipinski definition) is 1. The number of alkyl halides is 3. The van der Waals surface area contributed by atoms with Gasteiger partial charge in [-0.25, -0.2) is 8.78 Å². The average molecular weight is 271 g/mol. The van der Waals surface area contributed by atoms with Gasteiger partial charge in [0, 0.05) is 11.5 Å². The van der Waals surface area contributed by atoms with Gasteiger partial charge in [0.2, 0.25) is 0 Å². The van der Waals surface area contributed by atoms with Crippen LogP contribution in [0.4, 0.5) is 8.78 Å². The van der Waals surface area contributed by atoms with Crippen molar-refractivity contribution in [2.45, 2.75) is 18.7 Å². The van der Waals surface area contributed by atoms with Gasteiger partial charge in [-0.2, -0.15) is 0 Å². The van der Waals surface area contributed by atoms with Crippen LogP contribution < -0.4 is 0 Å². The minimum absolute atomic E-state index is 0.111. The maximum absolute atomic E-state index is 12.5. The van der Waals surface area contributed by atoms with Crippen molar-refractivity contribution in [3.05, 3.63) is 28.0 Å². The highest BCUT2D eigenvalue weighted by Crippen LogP contribution is 2.32. The lowest BCUT2D eigenvalue weighted by atomic mass is 10.1. The third-order valence-corrected chi connectivity index (χ3v) is 2.69. The van der Waals surface area contributed by atoms with Gasteiger partial charge in [-0.15, -0.1) is 0 Å². The van der Waals surface area contributed by atoms with Crippen LogP contribution in [0.15, 0.2) is 6.20 Å². The highest BCUT2D eigenvalue weighted by Gasteiger charge is 2.18. The Hall–Kier alpha value is -0.220. The van der Waals surface area contributed by atoms with Crippen LogP contribution in [0, 0.1) is 6.92 Å². The van der Waals surface area contributed by atoms with Crippen LogP contribution in [-0.4, -0.2) is 4.98 Å². The molecule has 0 fully saturated rings. The molecule has 1 heterocycles. The number of aryl methyl sites for hydroxylation is 1. The Morgan fingerprint density at radius 2 is 2.23 bits per heavy atom. The van der Waals surface area contributed by atoms with Gasteiger partial charge in [-0.05, 0) is 12.5 Å². The van der Waals surface area contributed by atoms with E-state index in [-0.39, 0.29) is 15.9 Å². The highest BCUT2D eigenvalue weighted by atomic mass is 79.9. The van der Waals surface area contributed by atoms with Gasteiger partial charge < -0.3 is 0 Å². The zero-order valence-electron chi connectivity index (χ0n) is 6.82. The van der Waals surface area contributed by atoms with Crippen molar-refractivity contribution in [2.24, 2.45) is 0 Å². The molecule has 1 nitrogen and oxygen atoms in total. The zero-order chi connectivity index (χ0) is 10.0. The minimum atomic E-state index is -2.58. The van der Waals surface area contributed by atoms with Gasteiger partial charge in [-0.1, -0.05) is 27.5 Å². The van der Waals surface area contributed by atoms with E-state index in [9.17, 15) is 8.78 Å². The summed E-state index contributed by atoms with van der Waals surface area (Å²) in [5, 5.41) is 0.395. The summed E-state index contributed by atoms with van der Waals surface area (Å²) in [5.41, 5.74) is 0.700. The second kappa shape index (κ2) is 4.33. The normalized spacial score (nSPS) is 10.9. The van der Waals surface area contributed by atoms with Crippen molar-refractivity contribution in [3.8, 4) is 0 Å². The minimum Gasteiger partial charge on any atom is -0.260 e. The molecule has 1 aromatic rings. The number of aromatic nitrogens is 1. The quantitative estimate of drug-likeness (QED) is 0.743. The fraction of sp³-hybridized carbons (Fsp3) is 0.375. The van der Waals surface area contributed by atoms with Crippen LogP contribution in [0.2, 0.25) is 5.02 Å². The molecule has 0 spiro atoms. The molecule has 13 heavy (non-hydrogen) atoms. The van der Waals surface area contributed by atoms with E-state index in [1.807, 2.05) is 0 Å². The molecule has 0 aliphatic rings. The van der Waals surface area contributed by atoms with E-state index in [2.05, 4.69) is 20.9 Å². The lowest BCUT2D eigenvalue weighted by Gasteiger charge is -2.09. The van der Waals surface area contributed by atoms with Crippen LogP contribution in [0.1, 0.15) is 23.2 Å². The number of rotatable bonds is 2. The Balaban J connectivity index is 3.32. The first-order valence-corrected chi connectivity index (χ1v) is 5.05. The predicted molar refractivity (Wildman–Crippen MR) is 51.6 cm³/mol. The van der Waals surface area contributed by atoms with E-state index < -0.39 is 6.43 Å². The van der Waals surface area contributed by atoms with Crippen molar-refractivity contribution in [3.63, 3.8) is 0 Å². The summed E-state index contributed by atoms with van der Waals surface area (Å²) in [4.78, 5) is 3.87. The average Bonchev–Trinajstić information content (AvgIpc) is 2.08. The summed E-state index contributed by atoms with van der Waals surface area (Å²) in [7, 11) is 0. The predicted octanol–water partition coefficient (Wildman–Crippen LogP) is 3.88. The molecule has 0 N–H and O–H groups in total. The molecule has 0 atom stereocenters. The summed E-state index contributed by atoms with van der Waals surface area (Å²) in [6, 6.07) is 0. The van der Waals surface area contributed by atoms with Crippen LogP contribution in [0.3, 0.4) is 0 Å². The smallest absolute Gasteiger partial charge is 0.260 e. The Labute approximate surface area is 88.2 Å². The molecule has 0 aromatic carbocycles. The molecule has 0 saturated carbocycles. The van der Waals surface area contributed by atoms with E-state index in [0.717, 1.165) is 0 Å². The van der Waals surface area contributed by atoms with Crippen molar-refractivity contribution in [2.75, 3.05) is 0 Å². The van der Waals surface area contributed by atoms with Gasteiger partial charge in [0.1, 0.15) is 0 Å². The SMILES string of the molecule is Cc1cnc(CBr)c(C(F)F)c1Cl. The van der Waals surface area contributed by atoms with Crippen molar-refractivity contribution < 1.29 is 8.78 Å². The molecule has 5 heteroatoms. The fourth-order valence-electron chi connectivity index (χ4n) is 0.968. The van der Waals surface area contributed by atoms with Crippen LogP contribution in [0.25, 0.3) is 0 Å². The number of nitrogens with zero attached hydrogens (tertiary/aromatic N) is 1. The summed E-state index contributed by atoms with van der Waals surface area (Å²) in [6.07, 6.45) is -1.09. The third kappa shape index (κ3) is 2.17. The van der Waals surface area contributed by atoms with Crippen molar-refractivity contribution >= 4 is 27.5 Å². The van der Waals surface area contributed by atoms with Gasteiger partial charge in [0.05, 0.1) is 16.3 Å². The first-order chi connectivity index (χ1) is 6.07. The van der Waals surface area contributed by atoms with Gasteiger partial charge in [-0.3, -0.25) is 4.98 Å². The Kier molecular flexibility index (Phi) is 3.62. The van der Waals surface area contributed by atoms with Crippen LogP contribution >= 0.6 is 27.5 Å². The van der Waals surface area contributed by atoms with Gasteiger partial charge in [0.15, 0.2) is 0 Å². The number of hydrogen-bond donors (Lipinski definition) is 0. The lowest BCUT2D eigenvalue weighted by molar-refractivity contribution is 0.150. The molecule has 0 amide bonds. The van der Waals surface area contributed by atoms with Crippen molar-refractivity contribution in [1.82, 2.24) is 4.98 Å². The van der Waals surface area contributed by atoms with E-state index >= 15 is 0 Å².